The second-order valence-electron chi connectivity index (χ2n) is 8.50. The molecule has 0 saturated carbocycles. The number of rotatable bonds is 9. The van der Waals surface area contributed by atoms with E-state index in [-0.39, 0.29) is 24.5 Å². The molecule has 2 rings (SSSR count). The number of ether oxygens (including phenoxy) is 1. The summed E-state index contributed by atoms with van der Waals surface area (Å²) in [4.78, 5) is 27.6. The summed E-state index contributed by atoms with van der Waals surface area (Å²) in [5.41, 5.74) is 5.33. The standard InChI is InChI=1S/C26H36N2O3/c1-8-20(5)27-26(30)22(7)28(15-23-11-9-10-17(2)13-23)25(29)16-31-24-14-18(3)12-19(4)21(24)6/h9-14,20,22H,8,15-16H2,1-7H3,(H,27,30)/t20-,22-/m0/s1. The summed E-state index contributed by atoms with van der Waals surface area (Å²) in [7, 11) is 0. The molecule has 0 radical (unpaired) electrons. The van der Waals surface area contributed by atoms with E-state index in [9.17, 15) is 9.59 Å². The lowest BCUT2D eigenvalue weighted by atomic mass is 10.1. The predicted octanol–water partition coefficient (Wildman–Crippen LogP) is 4.63. The molecule has 0 unspecified atom stereocenters. The van der Waals surface area contributed by atoms with E-state index in [1.54, 1.807) is 11.8 Å². The molecule has 5 heteroatoms. The zero-order chi connectivity index (χ0) is 23.1. The molecule has 0 aliphatic heterocycles. The Morgan fingerprint density at radius 2 is 1.74 bits per heavy atom. The molecule has 31 heavy (non-hydrogen) atoms. The number of amides is 2. The van der Waals surface area contributed by atoms with Crippen molar-refractivity contribution in [2.45, 2.75) is 73.5 Å². The Hall–Kier alpha value is -2.82. The van der Waals surface area contributed by atoms with E-state index in [1.165, 1.54) is 0 Å². The summed E-state index contributed by atoms with van der Waals surface area (Å²) in [5, 5.41) is 2.99. The third-order valence-electron chi connectivity index (χ3n) is 5.72. The van der Waals surface area contributed by atoms with Crippen LogP contribution in [0.2, 0.25) is 0 Å². The van der Waals surface area contributed by atoms with Gasteiger partial charge in [-0.2, -0.15) is 0 Å². The Morgan fingerprint density at radius 1 is 1.03 bits per heavy atom. The first-order chi connectivity index (χ1) is 14.6. The summed E-state index contributed by atoms with van der Waals surface area (Å²) in [6.45, 7) is 14.0. The fourth-order valence-corrected chi connectivity index (χ4v) is 3.43. The van der Waals surface area contributed by atoms with Crippen molar-refractivity contribution >= 4 is 11.8 Å². The number of nitrogens with zero attached hydrogens (tertiary/aromatic N) is 1. The van der Waals surface area contributed by atoms with Gasteiger partial charge in [-0.1, -0.05) is 42.8 Å². The summed E-state index contributed by atoms with van der Waals surface area (Å²) >= 11 is 0. The van der Waals surface area contributed by atoms with E-state index in [4.69, 9.17) is 4.74 Å². The zero-order valence-electron chi connectivity index (χ0n) is 19.9. The number of carbonyl (C=O) groups excluding carboxylic acids is 2. The molecule has 2 atom stereocenters. The van der Waals surface area contributed by atoms with Gasteiger partial charge in [-0.05, 0) is 76.3 Å². The molecule has 2 aromatic rings. The van der Waals surface area contributed by atoms with Gasteiger partial charge in [-0.3, -0.25) is 9.59 Å². The topological polar surface area (TPSA) is 58.6 Å². The van der Waals surface area contributed by atoms with Crippen LogP contribution < -0.4 is 10.1 Å². The summed E-state index contributed by atoms with van der Waals surface area (Å²) in [6.07, 6.45) is 0.833. The molecule has 0 aliphatic carbocycles. The normalized spacial score (nSPS) is 12.7. The van der Waals surface area contributed by atoms with Crippen molar-refractivity contribution in [2.24, 2.45) is 0 Å². The Bertz CT molecular complexity index is 923. The average molecular weight is 425 g/mol. The fourth-order valence-electron chi connectivity index (χ4n) is 3.43. The number of aryl methyl sites for hydroxylation is 3. The third-order valence-corrected chi connectivity index (χ3v) is 5.72. The van der Waals surface area contributed by atoms with Crippen molar-refractivity contribution in [3.63, 3.8) is 0 Å². The van der Waals surface area contributed by atoms with Gasteiger partial charge < -0.3 is 15.0 Å². The lowest BCUT2D eigenvalue weighted by molar-refractivity contribution is -0.142. The molecule has 0 aromatic heterocycles. The molecule has 0 spiro atoms. The van der Waals surface area contributed by atoms with Crippen molar-refractivity contribution in [3.05, 3.63) is 64.2 Å². The van der Waals surface area contributed by atoms with Crippen LogP contribution in [0.15, 0.2) is 36.4 Å². The summed E-state index contributed by atoms with van der Waals surface area (Å²) < 4.78 is 5.91. The van der Waals surface area contributed by atoms with Crippen LogP contribution in [-0.2, 0) is 16.1 Å². The second kappa shape index (κ2) is 11.0. The highest BCUT2D eigenvalue weighted by Crippen LogP contribution is 2.23. The van der Waals surface area contributed by atoms with E-state index in [0.29, 0.717) is 12.3 Å². The Morgan fingerprint density at radius 3 is 2.39 bits per heavy atom. The van der Waals surface area contributed by atoms with E-state index >= 15 is 0 Å². The quantitative estimate of drug-likeness (QED) is 0.638. The molecule has 0 aliphatic rings. The molecule has 1 N–H and O–H groups in total. The molecule has 5 nitrogen and oxygen atoms in total. The maximum atomic E-state index is 13.2. The lowest BCUT2D eigenvalue weighted by Crippen LogP contribution is -2.50. The Kier molecular flexibility index (Phi) is 8.66. The van der Waals surface area contributed by atoms with Gasteiger partial charge in [0.25, 0.3) is 5.91 Å². The van der Waals surface area contributed by atoms with Crippen LogP contribution in [0.3, 0.4) is 0 Å². The molecule has 2 amide bonds. The maximum absolute atomic E-state index is 13.2. The predicted molar refractivity (Wildman–Crippen MR) is 125 cm³/mol. The van der Waals surface area contributed by atoms with Crippen LogP contribution in [0.5, 0.6) is 5.75 Å². The van der Waals surface area contributed by atoms with Gasteiger partial charge in [-0.25, -0.2) is 0 Å². The number of hydrogen-bond donors (Lipinski definition) is 1. The first-order valence-corrected chi connectivity index (χ1v) is 11.0. The number of benzene rings is 2. The molecule has 2 aromatic carbocycles. The molecule has 0 fully saturated rings. The highest BCUT2D eigenvalue weighted by atomic mass is 16.5. The molecule has 0 saturated heterocycles. The SMILES string of the molecule is CC[C@H](C)NC(=O)[C@H](C)N(Cc1cccc(C)c1)C(=O)COc1cc(C)cc(C)c1C. The first-order valence-electron chi connectivity index (χ1n) is 11.0. The van der Waals surface area contributed by atoms with Crippen LogP contribution in [-0.4, -0.2) is 35.4 Å². The minimum absolute atomic E-state index is 0.0556. The number of nitrogens with one attached hydrogen (secondary N) is 1. The van der Waals surface area contributed by atoms with E-state index in [2.05, 4.69) is 11.4 Å². The average Bonchev–Trinajstić information content (AvgIpc) is 2.72. The third kappa shape index (κ3) is 6.84. The largest absolute Gasteiger partial charge is 0.483 e. The van der Waals surface area contributed by atoms with Gasteiger partial charge in [0, 0.05) is 12.6 Å². The van der Waals surface area contributed by atoms with Gasteiger partial charge in [0.2, 0.25) is 5.91 Å². The monoisotopic (exact) mass is 424 g/mol. The van der Waals surface area contributed by atoms with Crippen LogP contribution >= 0.6 is 0 Å². The van der Waals surface area contributed by atoms with Crippen molar-refractivity contribution in [1.29, 1.82) is 0 Å². The Balaban J connectivity index is 2.22. The molecule has 168 valence electrons. The lowest BCUT2D eigenvalue weighted by Gasteiger charge is -2.30. The minimum atomic E-state index is -0.606. The highest BCUT2D eigenvalue weighted by molar-refractivity contribution is 5.88. The van der Waals surface area contributed by atoms with Gasteiger partial charge in [0.05, 0.1) is 0 Å². The van der Waals surface area contributed by atoms with Gasteiger partial charge in [0.15, 0.2) is 6.61 Å². The summed E-state index contributed by atoms with van der Waals surface area (Å²) in [6, 6.07) is 11.5. The van der Waals surface area contributed by atoms with Crippen LogP contribution in [0.1, 0.15) is 55.0 Å². The van der Waals surface area contributed by atoms with Gasteiger partial charge in [0.1, 0.15) is 11.8 Å². The van der Waals surface area contributed by atoms with Crippen LogP contribution in [0.25, 0.3) is 0 Å². The number of hydrogen-bond acceptors (Lipinski definition) is 3. The molecule has 0 bridgehead atoms. The highest BCUT2D eigenvalue weighted by Gasteiger charge is 2.27. The molecule has 0 heterocycles. The minimum Gasteiger partial charge on any atom is -0.483 e. The van der Waals surface area contributed by atoms with E-state index < -0.39 is 6.04 Å². The van der Waals surface area contributed by atoms with Crippen molar-refractivity contribution in [1.82, 2.24) is 10.2 Å². The van der Waals surface area contributed by atoms with Crippen molar-refractivity contribution < 1.29 is 14.3 Å². The van der Waals surface area contributed by atoms with Crippen LogP contribution in [0.4, 0.5) is 0 Å². The zero-order valence-corrected chi connectivity index (χ0v) is 19.9. The summed E-state index contributed by atoms with van der Waals surface area (Å²) in [5.74, 6) is 0.336. The fraction of sp³-hybridized carbons (Fsp3) is 0.462. The Labute approximate surface area is 186 Å². The molecular formula is C26H36N2O3. The van der Waals surface area contributed by atoms with Gasteiger partial charge >= 0.3 is 0 Å². The van der Waals surface area contributed by atoms with Crippen LogP contribution in [0, 0.1) is 27.7 Å². The van der Waals surface area contributed by atoms with Crippen molar-refractivity contribution in [2.75, 3.05) is 6.61 Å². The maximum Gasteiger partial charge on any atom is 0.261 e. The smallest absolute Gasteiger partial charge is 0.261 e. The van der Waals surface area contributed by atoms with E-state index in [0.717, 1.165) is 34.2 Å². The van der Waals surface area contributed by atoms with Crippen molar-refractivity contribution in [3.8, 4) is 5.75 Å². The van der Waals surface area contributed by atoms with Gasteiger partial charge in [-0.15, -0.1) is 0 Å². The van der Waals surface area contributed by atoms with E-state index in [1.807, 2.05) is 71.9 Å². The second-order valence-corrected chi connectivity index (χ2v) is 8.50. The first kappa shape index (κ1) is 24.4. The molecular weight excluding hydrogens is 388 g/mol. The number of carbonyl (C=O) groups is 2.